The third-order valence-corrected chi connectivity index (χ3v) is 4.70. The molecule has 1 aliphatic heterocycles. The summed E-state index contributed by atoms with van der Waals surface area (Å²) >= 11 is 0. The van der Waals surface area contributed by atoms with Crippen molar-refractivity contribution in [2.24, 2.45) is 5.92 Å². The number of halogens is 1. The Kier molecular flexibility index (Phi) is 4.11. The highest BCUT2D eigenvalue weighted by atomic mass is 19.1. The van der Waals surface area contributed by atoms with E-state index in [2.05, 4.69) is 22.0 Å². The number of benzene rings is 1. The zero-order valence-electron chi connectivity index (χ0n) is 15.3. The van der Waals surface area contributed by atoms with E-state index >= 15 is 0 Å². The lowest BCUT2D eigenvalue weighted by Crippen LogP contribution is -2.01. The third-order valence-electron chi connectivity index (χ3n) is 4.70. The Morgan fingerprint density at radius 1 is 1.30 bits per heavy atom. The van der Waals surface area contributed by atoms with Crippen LogP contribution in [0.5, 0.6) is 11.6 Å². The van der Waals surface area contributed by atoms with Crippen molar-refractivity contribution in [1.29, 1.82) is 5.26 Å². The summed E-state index contributed by atoms with van der Waals surface area (Å²) in [5, 5.41) is 13.8. The van der Waals surface area contributed by atoms with Gasteiger partial charge in [-0.05, 0) is 61.1 Å². The molecule has 3 heterocycles. The van der Waals surface area contributed by atoms with Gasteiger partial charge in [0, 0.05) is 12.6 Å². The number of nitrogens with zero attached hydrogens (tertiary/aromatic N) is 5. The van der Waals surface area contributed by atoms with E-state index in [1.807, 2.05) is 36.7 Å². The molecule has 7 heteroatoms. The summed E-state index contributed by atoms with van der Waals surface area (Å²) in [6.07, 6.45) is 3.14. The van der Waals surface area contributed by atoms with Crippen LogP contribution < -0.4 is 4.74 Å². The van der Waals surface area contributed by atoms with Gasteiger partial charge in [-0.1, -0.05) is 6.92 Å². The molecular formula is C20H18FN5O. The number of aromatic nitrogens is 4. The number of nitriles is 1. The molecule has 0 amide bonds. The van der Waals surface area contributed by atoms with Gasteiger partial charge in [-0.3, -0.25) is 4.68 Å². The third kappa shape index (κ3) is 3.04. The van der Waals surface area contributed by atoms with Gasteiger partial charge >= 0.3 is 6.08 Å². The van der Waals surface area contributed by atoms with E-state index in [-0.39, 0.29) is 5.88 Å². The average molecular weight is 363 g/mol. The first-order valence-electron chi connectivity index (χ1n) is 8.74. The quantitative estimate of drug-likeness (QED) is 0.517. The Hall–Kier alpha value is -3.27. The minimum atomic E-state index is -0.855. The van der Waals surface area contributed by atoms with E-state index in [9.17, 15) is 4.39 Å². The fourth-order valence-electron chi connectivity index (χ4n) is 3.63. The first-order valence-corrected chi connectivity index (χ1v) is 8.74. The highest BCUT2D eigenvalue weighted by Crippen LogP contribution is 2.36. The number of hydrogen-bond acceptors (Lipinski definition) is 5. The molecule has 4 rings (SSSR count). The summed E-state index contributed by atoms with van der Waals surface area (Å²) in [6.45, 7) is 6.74. The molecule has 1 aromatic carbocycles. The zero-order chi connectivity index (χ0) is 19.1. The molecule has 136 valence electrons. The first kappa shape index (κ1) is 17.2. The van der Waals surface area contributed by atoms with Crippen LogP contribution in [0, 0.1) is 37.2 Å². The molecule has 0 spiro atoms. The second-order valence-corrected chi connectivity index (χ2v) is 6.98. The van der Waals surface area contributed by atoms with Crippen LogP contribution >= 0.6 is 0 Å². The minimum absolute atomic E-state index is 0.194. The maximum Gasteiger partial charge on any atom is 0.314 e. The zero-order valence-corrected chi connectivity index (χ0v) is 15.3. The predicted molar refractivity (Wildman–Crippen MR) is 98.8 cm³/mol. The molecule has 1 aliphatic rings. The van der Waals surface area contributed by atoms with Crippen LogP contribution in [-0.2, 0) is 13.0 Å². The molecule has 0 fully saturated rings. The van der Waals surface area contributed by atoms with Crippen molar-refractivity contribution in [2.45, 2.75) is 33.7 Å². The fraction of sp³-hybridized carbons (Fsp3) is 0.300. The van der Waals surface area contributed by atoms with Crippen molar-refractivity contribution in [3.63, 3.8) is 0 Å². The van der Waals surface area contributed by atoms with E-state index in [0.29, 0.717) is 22.7 Å². The molecule has 27 heavy (non-hydrogen) atoms. The summed E-state index contributed by atoms with van der Waals surface area (Å²) in [6, 6.07) is 5.80. The molecule has 0 radical (unpaired) electrons. The summed E-state index contributed by atoms with van der Waals surface area (Å²) in [5.74, 6) is 1.28. The lowest BCUT2D eigenvalue weighted by atomic mass is 10.1. The van der Waals surface area contributed by atoms with E-state index in [4.69, 9.17) is 10.00 Å². The van der Waals surface area contributed by atoms with Crippen molar-refractivity contribution in [1.82, 2.24) is 19.7 Å². The molecule has 1 atom stereocenters. The highest BCUT2D eigenvalue weighted by molar-refractivity contribution is 5.84. The Bertz CT molecular complexity index is 1100. The second-order valence-electron chi connectivity index (χ2n) is 6.98. The number of hydrogen-bond donors (Lipinski definition) is 0. The molecule has 0 saturated heterocycles. The average Bonchev–Trinajstić information content (AvgIpc) is 3.11. The Morgan fingerprint density at radius 3 is 2.74 bits per heavy atom. The van der Waals surface area contributed by atoms with Gasteiger partial charge in [0.25, 0.3) is 0 Å². The van der Waals surface area contributed by atoms with Gasteiger partial charge in [-0.25, -0.2) is 0 Å². The molecule has 3 aromatic rings. The Labute approximate surface area is 155 Å². The number of rotatable bonds is 3. The minimum Gasteiger partial charge on any atom is -0.437 e. The van der Waals surface area contributed by atoms with E-state index in [1.165, 1.54) is 6.08 Å². The van der Waals surface area contributed by atoms with Crippen LogP contribution in [0.1, 0.15) is 29.3 Å². The molecule has 1 unspecified atom stereocenters. The lowest BCUT2D eigenvalue weighted by molar-refractivity contribution is 0.437. The van der Waals surface area contributed by atoms with Crippen molar-refractivity contribution in [3.8, 4) is 17.7 Å². The van der Waals surface area contributed by atoms with Crippen molar-refractivity contribution in [3.05, 3.63) is 46.7 Å². The summed E-state index contributed by atoms with van der Waals surface area (Å²) in [4.78, 5) is 7.74. The molecular weight excluding hydrogens is 345 g/mol. The molecule has 2 aromatic heterocycles. The predicted octanol–water partition coefficient (Wildman–Crippen LogP) is 4.10. The number of fused-ring (bicyclic) bond motifs is 3. The van der Waals surface area contributed by atoms with Gasteiger partial charge in [0.2, 0.25) is 5.88 Å². The molecule has 0 aliphatic carbocycles. The highest BCUT2D eigenvalue weighted by Gasteiger charge is 2.27. The monoisotopic (exact) mass is 363 g/mol. The normalized spacial score (nSPS) is 16.0. The Balaban J connectivity index is 1.81. The van der Waals surface area contributed by atoms with Crippen LogP contribution in [0.25, 0.3) is 17.1 Å². The SMILES string of the molecule is Cc1cc(/C=C/C#N)cc(C)c1Oc1nc(F)nc2nn3c(c12)CC(C)C3. The van der Waals surface area contributed by atoms with Gasteiger partial charge in [0.1, 0.15) is 11.1 Å². The maximum atomic E-state index is 14.0. The maximum absolute atomic E-state index is 14.0. The fourth-order valence-corrected chi connectivity index (χ4v) is 3.63. The van der Waals surface area contributed by atoms with Crippen molar-refractivity contribution >= 4 is 17.1 Å². The van der Waals surface area contributed by atoms with Crippen LogP contribution in [0.3, 0.4) is 0 Å². The molecule has 0 saturated carbocycles. The van der Waals surface area contributed by atoms with E-state index < -0.39 is 6.08 Å². The second kappa shape index (κ2) is 6.47. The van der Waals surface area contributed by atoms with Crippen molar-refractivity contribution in [2.75, 3.05) is 0 Å². The summed E-state index contributed by atoms with van der Waals surface area (Å²) in [7, 11) is 0. The van der Waals surface area contributed by atoms with Gasteiger partial charge in [-0.15, -0.1) is 0 Å². The first-order chi connectivity index (χ1) is 13.0. The van der Waals surface area contributed by atoms with Gasteiger partial charge in [0.05, 0.1) is 11.8 Å². The van der Waals surface area contributed by atoms with Crippen LogP contribution in [0.2, 0.25) is 0 Å². The standard InChI is InChI=1S/C20H18FN5O/c1-11-7-15-16-18(25-26(15)10-11)23-20(21)24-19(16)27-17-12(2)8-14(5-4-6-22)9-13(17)3/h4-5,8-9,11H,7,10H2,1-3H3/b5-4+. The lowest BCUT2D eigenvalue weighted by Gasteiger charge is -2.13. The van der Waals surface area contributed by atoms with Gasteiger partial charge < -0.3 is 4.74 Å². The van der Waals surface area contributed by atoms with E-state index in [0.717, 1.165) is 35.3 Å². The molecule has 0 bridgehead atoms. The Morgan fingerprint density at radius 2 is 2.04 bits per heavy atom. The van der Waals surface area contributed by atoms with Crippen LogP contribution in [-0.4, -0.2) is 19.7 Å². The smallest absolute Gasteiger partial charge is 0.314 e. The number of allylic oxidation sites excluding steroid dienone is 1. The van der Waals surface area contributed by atoms with Crippen molar-refractivity contribution < 1.29 is 9.13 Å². The molecule has 6 nitrogen and oxygen atoms in total. The van der Waals surface area contributed by atoms with Gasteiger partial charge in [0.15, 0.2) is 5.65 Å². The van der Waals surface area contributed by atoms with Crippen LogP contribution in [0.15, 0.2) is 18.2 Å². The van der Waals surface area contributed by atoms with Gasteiger partial charge in [-0.2, -0.15) is 24.7 Å². The summed E-state index contributed by atoms with van der Waals surface area (Å²) < 4.78 is 21.9. The number of aryl methyl sites for hydroxylation is 2. The van der Waals surface area contributed by atoms with E-state index in [1.54, 1.807) is 6.08 Å². The number of ether oxygens (including phenoxy) is 1. The summed E-state index contributed by atoms with van der Waals surface area (Å²) in [5.41, 5.74) is 3.95. The largest absolute Gasteiger partial charge is 0.437 e. The van der Waals surface area contributed by atoms with Crippen LogP contribution in [0.4, 0.5) is 4.39 Å². The topological polar surface area (TPSA) is 76.6 Å². The molecule has 0 N–H and O–H groups in total.